The van der Waals surface area contributed by atoms with Crippen molar-refractivity contribution in [2.45, 2.75) is 29.9 Å². The van der Waals surface area contributed by atoms with Crippen molar-refractivity contribution in [3.05, 3.63) is 58.4 Å². The van der Waals surface area contributed by atoms with Gasteiger partial charge in [0.2, 0.25) is 10.0 Å². The second-order valence-corrected chi connectivity index (χ2v) is 8.38. The summed E-state index contributed by atoms with van der Waals surface area (Å²) in [6.07, 6.45) is -0.240. The van der Waals surface area contributed by atoms with E-state index >= 15 is 0 Å². The number of carbonyl (C=O) groups is 1. The van der Waals surface area contributed by atoms with Crippen molar-refractivity contribution >= 4 is 33.2 Å². The zero-order valence-corrected chi connectivity index (χ0v) is 15.6. The highest BCUT2D eigenvalue weighted by molar-refractivity contribution is 7.89. The molecule has 0 aliphatic heterocycles. The average Bonchev–Trinajstić information content (AvgIpc) is 2.56. The van der Waals surface area contributed by atoms with E-state index in [0.717, 1.165) is 24.3 Å². The van der Waals surface area contributed by atoms with Crippen LogP contribution in [0.1, 0.15) is 23.2 Å². The van der Waals surface area contributed by atoms with Crippen LogP contribution in [0, 0.1) is 17.5 Å². The van der Waals surface area contributed by atoms with Crippen LogP contribution in [0.25, 0.3) is 0 Å². The van der Waals surface area contributed by atoms with Gasteiger partial charge in [0.25, 0.3) is 5.91 Å². The van der Waals surface area contributed by atoms with Gasteiger partial charge < -0.3 is 10.4 Å². The zero-order valence-electron chi connectivity index (χ0n) is 14.0. The number of halogens is 4. The van der Waals surface area contributed by atoms with Crippen LogP contribution in [0.2, 0.25) is 5.02 Å². The molecule has 1 amide bonds. The Kier molecular flexibility index (Phi) is 5.67. The zero-order chi connectivity index (χ0) is 20.6. The maximum Gasteiger partial charge on any atom is 0.257 e. The minimum atomic E-state index is -4.32. The van der Waals surface area contributed by atoms with Crippen LogP contribution in [0.4, 0.5) is 18.9 Å². The Balaban J connectivity index is 1.88. The van der Waals surface area contributed by atoms with E-state index in [0.29, 0.717) is 6.07 Å². The number of aliphatic hydroxyl groups is 1. The Morgan fingerprint density at radius 2 is 1.75 bits per heavy atom. The van der Waals surface area contributed by atoms with E-state index in [1.165, 1.54) is 0 Å². The SMILES string of the molecule is O=C(Nc1ccc(F)c(F)c1)c1cc(S(=O)(=O)NC2CC(O)C2)c(F)cc1Cl. The minimum Gasteiger partial charge on any atom is -0.393 e. The van der Waals surface area contributed by atoms with E-state index in [-0.39, 0.29) is 29.1 Å². The first-order chi connectivity index (χ1) is 13.1. The largest absolute Gasteiger partial charge is 0.393 e. The quantitative estimate of drug-likeness (QED) is 0.674. The number of amides is 1. The molecule has 1 saturated carbocycles. The first kappa shape index (κ1) is 20.6. The van der Waals surface area contributed by atoms with Gasteiger partial charge in [-0.05, 0) is 37.1 Å². The summed E-state index contributed by atoms with van der Waals surface area (Å²) in [7, 11) is -4.32. The molecule has 0 unspecified atom stereocenters. The maximum atomic E-state index is 14.2. The van der Waals surface area contributed by atoms with Crippen LogP contribution >= 0.6 is 11.6 Å². The third-order valence-corrected chi connectivity index (χ3v) is 6.02. The summed E-state index contributed by atoms with van der Waals surface area (Å²) in [5.74, 6) is -4.41. The molecule has 1 aliphatic rings. The molecule has 1 aliphatic carbocycles. The molecule has 0 atom stereocenters. The van der Waals surface area contributed by atoms with E-state index in [9.17, 15) is 31.5 Å². The third-order valence-electron chi connectivity index (χ3n) is 4.17. The molecule has 0 spiro atoms. The van der Waals surface area contributed by atoms with E-state index in [1.807, 2.05) is 0 Å². The topological polar surface area (TPSA) is 95.5 Å². The number of hydrogen-bond acceptors (Lipinski definition) is 4. The van der Waals surface area contributed by atoms with Crippen LogP contribution < -0.4 is 10.0 Å². The molecule has 11 heteroatoms. The van der Waals surface area contributed by atoms with Crippen molar-refractivity contribution in [2.75, 3.05) is 5.32 Å². The number of anilines is 1. The van der Waals surface area contributed by atoms with Gasteiger partial charge in [0, 0.05) is 17.8 Å². The van der Waals surface area contributed by atoms with Crippen molar-refractivity contribution in [3.8, 4) is 0 Å². The number of sulfonamides is 1. The average molecular weight is 435 g/mol. The number of rotatable bonds is 5. The summed E-state index contributed by atoms with van der Waals surface area (Å²) < 4.78 is 67.4. The lowest BCUT2D eigenvalue weighted by molar-refractivity contribution is 0.0712. The fourth-order valence-corrected chi connectivity index (χ4v) is 4.23. The maximum absolute atomic E-state index is 14.2. The summed E-state index contributed by atoms with van der Waals surface area (Å²) in [4.78, 5) is 11.6. The molecule has 6 nitrogen and oxygen atoms in total. The molecule has 3 rings (SSSR count). The Morgan fingerprint density at radius 3 is 2.36 bits per heavy atom. The van der Waals surface area contributed by atoms with Gasteiger partial charge in [-0.2, -0.15) is 0 Å². The predicted octanol–water partition coefficient (Wildman–Crippen LogP) is 2.81. The number of nitrogens with one attached hydrogen (secondary N) is 2. The van der Waals surface area contributed by atoms with Crippen molar-refractivity contribution in [2.24, 2.45) is 0 Å². The molecule has 0 saturated heterocycles. The first-order valence-electron chi connectivity index (χ1n) is 8.02. The molecular formula is C17H14ClF3N2O4S. The molecule has 0 aromatic heterocycles. The lowest BCUT2D eigenvalue weighted by Gasteiger charge is -2.31. The Hall–Kier alpha value is -2.14. The molecule has 0 bridgehead atoms. The van der Waals surface area contributed by atoms with Crippen molar-refractivity contribution in [3.63, 3.8) is 0 Å². The van der Waals surface area contributed by atoms with Gasteiger partial charge >= 0.3 is 0 Å². The molecule has 2 aromatic carbocycles. The third kappa shape index (κ3) is 4.30. The van der Waals surface area contributed by atoms with E-state index in [1.54, 1.807) is 0 Å². The monoisotopic (exact) mass is 434 g/mol. The lowest BCUT2D eigenvalue weighted by atomic mass is 9.91. The Labute approximate surface area is 163 Å². The molecule has 2 aromatic rings. The van der Waals surface area contributed by atoms with Crippen molar-refractivity contribution in [1.82, 2.24) is 4.72 Å². The van der Waals surface area contributed by atoms with Gasteiger partial charge in [0.15, 0.2) is 11.6 Å². The van der Waals surface area contributed by atoms with Crippen LogP contribution in [-0.4, -0.2) is 31.6 Å². The number of benzene rings is 2. The van der Waals surface area contributed by atoms with Gasteiger partial charge in [-0.25, -0.2) is 26.3 Å². The first-order valence-corrected chi connectivity index (χ1v) is 9.89. The van der Waals surface area contributed by atoms with Crippen molar-refractivity contribution < 1.29 is 31.5 Å². The van der Waals surface area contributed by atoms with E-state index in [4.69, 9.17) is 11.6 Å². The number of carbonyl (C=O) groups excluding carboxylic acids is 1. The van der Waals surface area contributed by atoms with Crippen molar-refractivity contribution in [1.29, 1.82) is 0 Å². The fourth-order valence-electron chi connectivity index (χ4n) is 2.65. The fraction of sp³-hybridized carbons (Fsp3) is 0.235. The van der Waals surface area contributed by atoms with Crippen LogP contribution in [0.5, 0.6) is 0 Å². The van der Waals surface area contributed by atoms with Crippen LogP contribution in [0.15, 0.2) is 35.2 Å². The van der Waals surface area contributed by atoms with Gasteiger partial charge in [-0.15, -0.1) is 0 Å². The predicted molar refractivity (Wildman–Crippen MR) is 95.1 cm³/mol. The molecule has 1 fully saturated rings. The summed E-state index contributed by atoms with van der Waals surface area (Å²) in [6.45, 7) is 0. The van der Waals surface area contributed by atoms with Gasteiger partial charge in [0.1, 0.15) is 10.7 Å². The normalized spacial score (nSPS) is 19.2. The highest BCUT2D eigenvalue weighted by atomic mass is 35.5. The highest BCUT2D eigenvalue weighted by Gasteiger charge is 2.33. The summed E-state index contributed by atoms with van der Waals surface area (Å²) in [5, 5.41) is 11.1. The second kappa shape index (κ2) is 7.70. The van der Waals surface area contributed by atoms with Crippen LogP contribution in [-0.2, 0) is 10.0 Å². The Morgan fingerprint density at radius 1 is 1.07 bits per heavy atom. The summed E-state index contributed by atoms with van der Waals surface area (Å²) in [5.41, 5.74) is -0.475. The molecular weight excluding hydrogens is 421 g/mol. The summed E-state index contributed by atoms with van der Waals surface area (Å²) in [6, 6.07) is 3.50. The molecule has 3 N–H and O–H groups in total. The molecule has 150 valence electrons. The number of hydrogen-bond donors (Lipinski definition) is 3. The molecule has 0 heterocycles. The van der Waals surface area contributed by atoms with Gasteiger partial charge in [0.05, 0.1) is 16.7 Å². The molecule has 28 heavy (non-hydrogen) atoms. The van der Waals surface area contributed by atoms with Crippen LogP contribution in [0.3, 0.4) is 0 Å². The smallest absolute Gasteiger partial charge is 0.257 e. The van der Waals surface area contributed by atoms with Gasteiger partial charge in [-0.1, -0.05) is 11.6 Å². The number of aliphatic hydroxyl groups excluding tert-OH is 1. The Bertz CT molecular complexity index is 1040. The van der Waals surface area contributed by atoms with E-state index < -0.39 is 50.4 Å². The molecule has 0 radical (unpaired) electrons. The lowest BCUT2D eigenvalue weighted by Crippen LogP contribution is -2.46. The highest BCUT2D eigenvalue weighted by Crippen LogP contribution is 2.27. The van der Waals surface area contributed by atoms with Gasteiger partial charge in [-0.3, -0.25) is 4.79 Å². The van der Waals surface area contributed by atoms with E-state index in [2.05, 4.69) is 10.0 Å². The summed E-state index contributed by atoms with van der Waals surface area (Å²) >= 11 is 5.85. The standard InChI is InChI=1S/C17H14ClF3N2O4S/c18-12-7-15(21)16(28(26,27)23-9-3-10(24)4-9)6-11(12)17(25)22-8-1-2-13(19)14(20)5-8/h1-2,5-7,9-10,23-24H,3-4H2,(H,22,25). The minimum absolute atomic E-state index is 0.102. The second-order valence-electron chi connectivity index (χ2n) is 6.29.